The molecule has 2 heterocycles. The SMILES string of the molecule is C=CC1=C(C=C)CN(C=O)CC1.CC1CCCCO1.Fc1ccccc1. The van der Waals surface area contributed by atoms with Gasteiger partial charge in [-0.15, -0.1) is 0 Å². The zero-order valence-corrected chi connectivity index (χ0v) is 15.7. The molecule has 1 saturated heterocycles. The smallest absolute Gasteiger partial charge is 0.210 e. The van der Waals surface area contributed by atoms with Crippen LogP contribution >= 0.6 is 0 Å². The molecule has 0 radical (unpaired) electrons. The van der Waals surface area contributed by atoms with Gasteiger partial charge in [-0.05, 0) is 55.9 Å². The molecule has 3 rings (SSSR count). The molecule has 2 aliphatic heterocycles. The van der Waals surface area contributed by atoms with Crippen molar-refractivity contribution in [1.82, 2.24) is 4.90 Å². The van der Waals surface area contributed by atoms with E-state index in [1.54, 1.807) is 29.2 Å². The highest BCUT2D eigenvalue weighted by Gasteiger charge is 2.12. The van der Waals surface area contributed by atoms with Crippen LogP contribution in [0.25, 0.3) is 0 Å². The van der Waals surface area contributed by atoms with E-state index in [0.717, 1.165) is 31.6 Å². The Bertz CT molecular complexity index is 577. The average molecular weight is 359 g/mol. The van der Waals surface area contributed by atoms with E-state index >= 15 is 0 Å². The Morgan fingerprint density at radius 2 is 1.85 bits per heavy atom. The molecule has 1 amide bonds. The highest BCUT2D eigenvalue weighted by atomic mass is 19.1. The molecule has 0 saturated carbocycles. The molecule has 0 aliphatic carbocycles. The minimum Gasteiger partial charge on any atom is -0.379 e. The maximum atomic E-state index is 11.9. The fraction of sp³-hybridized carbons (Fsp3) is 0.409. The summed E-state index contributed by atoms with van der Waals surface area (Å²) in [7, 11) is 0. The Morgan fingerprint density at radius 1 is 1.15 bits per heavy atom. The van der Waals surface area contributed by atoms with Crippen molar-refractivity contribution in [2.24, 2.45) is 0 Å². The molecule has 1 aromatic carbocycles. The van der Waals surface area contributed by atoms with Gasteiger partial charge in [0, 0.05) is 19.7 Å². The maximum Gasteiger partial charge on any atom is 0.210 e. The lowest BCUT2D eigenvalue weighted by molar-refractivity contribution is -0.117. The van der Waals surface area contributed by atoms with Crippen LogP contribution in [0.3, 0.4) is 0 Å². The van der Waals surface area contributed by atoms with Gasteiger partial charge >= 0.3 is 0 Å². The molecule has 26 heavy (non-hydrogen) atoms. The summed E-state index contributed by atoms with van der Waals surface area (Å²) in [5, 5.41) is 0. The van der Waals surface area contributed by atoms with E-state index in [0.29, 0.717) is 12.6 Å². The summed E-state index contributed by atoms with van der Waals surface area (Å²) >= 11 is 0. The second kappa shape index (κ2) is 13.1. The Balaban J connectivity index is 0.000000207. The molecule has 0 N–H and O–H groups in total. The topological polar surface area (TPSA) is 29.5 Å². The Hall–Kier alpha value is -2.20. The minimum atomic E-state index is -0.178. The molecule has 4 heteroatoms. The third-order valence-electron chi connectivity index (χ3n) is 4.24. The predicted molar refractivity (Wildman–Crippen MR) is 105 cm³/mol. The van der Waals surface area contributed by atoms with Crippen molar-refractivity contribution in [3.63, 3.8) is 0 Å². The summed E-state index contributed by atoms with van der Waals surface area (Å²) in [6, 6.07) is 7.94. The van der Waals surface area contributed by atoms with Crippen LogP contribution in [-0.2, 0) is 9.53 Å². The van der Waals surface area contributed by atoms with Gasteiger partial charge in [0.1, 0.15) is 5.82 Å². The van der Waals surface area contributed by atoms with E-state index in [9.17, 15) is 9.18 Å². The highest BCUT2D eigenvalue weighted by Crippen LogP contribution is 2.18. The standard InChI is InChI=1S/C10H13NO.C6H5F.C6H12O/c1-3-9-5-6-11(8-12)7-10(9)4-2;7-6-4-2-1-3-5-6;1-6-4-2-3-5-7-6/h3-4,8H,1-2,5-7H2;1-5H;6H,2-5H2,1H3. The van der Waals surface area contributed by atoms with E-state index in [1.165, 1.54) is 37.0 Å². The quantitative estimate of drug-likeness (QED) is 0.717. The number of amides is 1. The summed E-state index contributed by atoms with van der Waals surface area (Å²) in [5.74, 6) is -0.178. The number of halogens is 1. The number of hydrogen-bond acceptors (Lipinski definition) is 2. The molecule has 1 atom stereocenters. The molecule has 1 fully saturated rings. The monoisotopic (exact) mass is 359 g/mol. The molecule has 0 aromatic heterocycles. The minimum absolute atomic E-state index is 0.178. The van der Waals surface area contributed by atoms with Gasteiger partial charge in [-0.2, -0.15) is 0 Å². The van der Waals surface area contributed by atoms with Crippen LogP contribution in [0.4, 0.5) is 4.39 Å². The number of nitrogens with zero attached hydrogens (tertiary/aromatic N) is 1. The lowest BCUT2D eigenvalue weighted by Crippen LogP contribution is -2.29. The molecule has 0 spiro atoms. The van der Waals surface area contributed by atoms with Gasteiger partial charge in [-0.25, -0.2) is 4.39 Å². The molecule has 3 nitrogen and oxygen atoms in total. The maximum absolute atomic E-state index is 11.9. The van der Waals surface area contributed by atoms with Gasteiger partial charge in [-0.3, -0.25) is 4.79 Å². The second-order valence-corrected chi connectivity index (χ2v) is 6.26. The summed E-state index contributed by atoms with van der Waals surface area (Å²) < 4.78 is 17.2. The largest absolute Gasteiger partial charge is 0.379 e. The van der Waals surface area contributed by atoms with Crippen LogP contribution in [0, 0.1) is 5.82 Å². The van der Waals surface area contributed by atoms with Gasteiger partial charge in [-0.1, -0.05) is 43.5 Å². The molecule has 0 bridgehead atoms. The van der Waals surface area contributed by atoms with Crippen LogP contribution in [-0.4, -0.2) is 37.1 Å². The van der Waals surface area contributed by atoms with Crippen LogP contribution < -0.4 is 0 Å². The van der Waals surface area contributed by atoms with E-state index in [-0.39, 0.29) is 5.82 Å². The Labute approximate surface area is 156 Å². The van der Waals surface area contributed by atoms with Crippen LogP contribution in [0.1, 0.15) is 32.6 Å². The first-order valence-electron chi connectivity index (χ1n) is 9.09. The zero-order valence-electron chi connectivity index (χ0n) is 15.7. The number of benzene rings is 1. The average Bonchev–Trinajstić information content (AvgIpc) is 2.69. The number of allylic oxidation sites excluding steroid dienone is 1. The van der Waals surface area contributed by atoms with Gasteiger partial charge in [0.05, 0.1) is 6.10 Å². The molecular formula is C22H30FNO2. The van der Waals surface area contributed by atoms with Crippen LogP contribution in [0.15, 0.2) is 66.8 Å². The van der Waals surface area contributed by atoms with Gasteiger partial charge in [0.25, 0.3) is 0 Å². The number of carbonyl (C=O) groups excluding carboxylic acids is 1. The van der Waals surface area contributed by atoms with Crippen molar-refractivity contribution in [2.75, 3.05) is 19.7 Å². The fourth-order valence-corrected chi connectivity index (χ4v) is 2.66. The number of carbonyl (C=O) groups is 1. The molecule has 2 aliphatic rings. The highest BCUT2D eigenvalue weighted by molar-refractivity contribution is 5.50. The number of ether oxygens (including phenoxy) is 1. The summed E-state index contributed by atoms with van der Waals surface area (Å²) in [6.45, 7) is 12.0. The summed E-state index contributed by atoms with van der Waals surface area (Å²) in [5.41, 5.74) is 2.33. The number of rotatable bonds is 3. The van der Waals surface area contributed by atoms with Crippen molar-refractivity contribution in [3.05, 3.63) is 72.6 Å². The second-order valence-electron chi connectivity index (χ2n) is 6.26. The first kappa shape index (κ1) is 21.8. The van der Waals surface area contributed by atoms with Crippen molar-refractivity contribution in [1.29, 1.82) is 0 Å². The summed E-state index contributed by atoms with van der Waals surface area (Å²) in [4.78, 5) is 12.2. The first-order valence-corrected chi connectivity index (χ1v) is 9.09. The van der Waals surface area contributed by atoms with Crippen molar-refractivity contribution >= 4 is 6.41 Å². The van der Waals surface area contributed by atoms with Gasteiger partial charge < -0.3 is 9.64 Å². The first-order chi connectivity index (χ1) is 12.6. The molecule has 1 aromatic rings. The van der Waals surface area contributed by atoms with Crippen LogP contribution in [0.5, 0.6) is 0 Å². The third kappa shape index (κ3) is 8.77. The van der Waals surface area contributed by atoms with E-state index < -0.39 is 0 Å². The van der Waals surface area contributed by atoms with Crippen molar-refractivity contribution in [3.8, 4) is 0 Å². The predicted octanol–water partition coefficient (Wildman–Crippen LogP) is 4.92. The molecule has 1 unspecified atom stereocenters. The van der Waals surface area contributed by atoms with E-state index in [2.05, 4.69) is 20.1 Å². The van der Waals surface area contributed by atoms with Crippen molar-refractivity contribution < 1.29 is 13.9 Å². The lowest BCUT2D eigenvalue weighted by atomic mass is 10.0. The van der Waals surface area contributed by atoms with Crippen molar-refractivity contribution in [2.45, 2.75) is 38.7 Å². The summed E-state index contributed by atoms with van der Waals surface area (Å²) in [6.07, 6.45) is 9.85. The fourth-order valence-electron chi connectivity index (χ4n) is 2.66. The third-order valence-corrected chi connectivity index (χ3v) is 4.24. The van der Waals surface area contributed by atoms with Gasteiger partial charge in [0.15, 0.2) is 0 Å². The van der Waals surface area contributed by atoms with E-state index in [1.807, 2.05) is 6.08 Å². The molecule has 142 valence electrons. The van der Waals surface area contributed by atoms with Gasteiger partial charge in [0.2, 0.25) is 6.41 Å². The Morgan fingerprint density at radius 3 is 2.23 bits per heavy atom. The molecular weight excluding hydrogens is 329 g/mol. The van der Waals surface area contributed by atoms with Crippen LogP contribution in [0.2, 0.25) is 0 Å². The zero-order chi connectivity index (χ0) is 19.2. The Kier molecular flexibility index (Phi) is 11.0. The normalized spacial score (nSPS) is 19.3. The van der Waals surface area contributed by atoms with E-state index in [4.69, 9.17) is 4.74 Å². The lowest BCUT2D eigenvalue weighted by Gasteiger charge is -2.25. The number of hydrogen-bond donors (Lipinski definition) is 0.